The lowest BCUT2D eigenvalue weighted by Crippen LogP contribution is -2.39. The number of thiazole rings is 1. The molecule has 0 fully saturated rings. The molecule has 2 aromatic carbocycles. The second-order valence-electron chi connectivity index (χ2n) is 7.74. The van der Waals surface area contributed by atoms with Gasteiger partial charge in [0, 0.05) is 19.5 Å². The number of aromatic nitrogens is 1. The molecule has 0 spiro atoms. The first-order valence-electron chi connectivity index (χ1n) is 11.3. The van der Waals surface area contributed by atoms with Crippen molar-refractivity contribution < 1.29 is 22.7 Å². The van der Waals surface area contributed by atoms with Gasteiger partial charge in [0.25, 0.3) is 0 Å². The predicted octanol–water partition coefficient (Wildman–Crippen LogP) is 4.51. The van der Waals surface area contributed by atoms with Crippen LogP contribution in [-0.4, -0.2) is 70.4 Å². The number of carbonyl (C=O) groups excluding carboxylic acids is 1. The number of hydrogen-bond acceptors (Lipinski definition) is 8. The van der Waals surface area contributed by atoms with E-state index in [0.717, 1.165) is 13.1 Å². The Morgan fingerprint density at radius 1 is 1.03 bits per heavy atom. The number of anilines is 1. The van der Waals surface area contributed by atoms with Gasteiger partial charge in [0.15, 0.2) is 15.0 Å². The van der Waals surface area contributed by atoms with Crippen molar-refractivity contribution in [3.05, 3.63) is 41.4 Å². The Bertz CT molecular complexity index is 1260. The largest absolute Gasteiger partial charge is 0.497 e. The van der Waals surface area contributed by atoms with E-state index in [2.05, 4.69) is 23.7 Å². The van der Waals surface area contributed by atoms with Crippen molar-refractivity contribution in [3.63, 3.8) is 0 Å². The van der Waals surface area contributed by atoms with E-state index in [1.165, 1.54) is 30.6 Å². The summed E-state index contributed by atoms with van der Waals surface area (Å²) < 4.78 is 36.9. The van der Waals surface area contributed by atoms with Crippen molar-refractivity contribution in [2.24, 2.45) is 0 Å². The minimum absolute atomic E-state index is 0.150. The molecular formula is C24H30ClN3O5S2. The molecule has 3 aromatic rings. The highest BCUT2D eigenvalue weighted by atomic mass is 35.5. The van der Waals surface area contributed by atoms with E-state index >= 15 is 0 Å². The molecule has 0 bridgehead atoms. The van der Waals surface area contributed by atoms with Crippen LogP contribution in [0.4, 0.5) is 5.13 Å². The van der Waals surface area contributed by atoms with Crippen molar-refractivity contribution in [1.29, 1.82) is 0 Å². The minimum atomic E-state index is -3.65. The first-order chi connectivity index (χ1) is 16.7. The smallest absolute Gasteiger partial charge is 0.229 e. The van der Waals surface area contributed by atoms with Gasteiger partial charge in [-0.05, 0) is 49.5 Å². The highest BCUT2D eigenvalue weighted by Gasteiger charge is 2.25. The molecule has 0 aliphatic heterocycles. The number of likely N-dealkylation sites (N-methyl/N-ethyl adjacent to an activating group) is 1. The van der Waals surface area contributed by atoms with E-state index in [4.69, 9.17) is 21.1 Å². The summed E-state index contributed by atoms with van der Waals surface area (Å²) in [7, 11) is -0.586. The maximum Gasteiger partial charge on any atom is 0.229 e. The molecular weight excluding hydrogens is 510 g/mol. The maximum atomic E-state index is 13.4. The lowest BCUT2D eigenvalue weighted by molar-refractivity contribution is -0.118. The van der Waals surface area contributed by atoms with E-state index in [1.54, 1.807) is 36.3 Å². The number of hydrogen-bond donors (Lipinski definition) is 0. The molecule has 0 atom stereocenters. The SMILES string of the molecule is CCN(CC)CCN(C(=O)CCS(=O)(=O)c1ccc(OC)cc1)c1nc2c(OC)ccc(Cl)c2s1. The fourth-order valence-electron chi connectivity index (χ4n) is 3.59. The van der Waals surface area contributed by atoms with Crippen LogP contribution in [0.25, 0.3) is 10.2 Å². The molecule has 8 nitrogen and oxygen atoms in total. The molecule has 35 heavy (non-hydrogen) atoms. The molecule has 0 unspecified atom stereocenters. The molecule has 190 valence electrons. The fraction of sp³-hybridized carbons (Fsp3) is 0.417. The van der Waals surface area contributed by atoms with Crippen LogP contribution >= 0.6 is 22.9 Å². The van der Waals surface area contributed by atoms with Gasteiger partial charge >= 0.3 is 0 Å². The number of sulfone groups is 1. The number of amides is 1. The third-order valence-electron chi connectivity index (χ3n) is 5.74. The molecule has 0 radical (unpaired) electrons. The topological polar surface area (TPSA) is 89.0 Å². The zero-order valence-corrected chi connectivity index (χ0v) is 22.7. The van der Waals surface area contributed by atoms with Crippen molar-refractivity contribution in [3.8, 4) is 11.5 Å². The molecule has 0 aliphatic rings. The van der Waals surface area contributed by atoms with Crippen LogP contribution in [0, 0.1) is 0 Å². The average molecular weight is 540 g/mol. The molecule has 1 aromatic heterocycles. The third kappa shape index (κ3) is 6.43. The number of fused-ring (bicyclic) bond motifs is 1. The second-order valence-corrected chi connectivity index (χ2v) is 11.2. The number of nitrogens with zero attached hydrogens (tertiary/aromatic N) is 3. The molecule has 11 heteroatoms. The molecule has 1 amide bonds. The van der Waals surface area contributed by atoms with Gasteiger partial charge < -0.3 is 14.4 Å². The molecule has 1 heterocycles. The predicted molar refractivity (Wildman–Crippen MR) is 141 cm³/mol. The van der Waals surface area contributed by atoms with Crippen LogP contribution in [0.2, 0.25) is 5.02 Å². The highest BCUT2D eigenvalue weighted by molar-refractivity contribution is 7.91. The first kappa shape index (κ1) is 27.2. The lowest BCUT2D eigenvalue weighted by Gasteiger charge is -2.24. The number of rotatable bonds is 12. The number of carbonyl (C=O) groups is 1. The van der Waals surface area contributed by atoms with Crippen LogP contribution in [0.5, 0.6) is 11.5 Å². The quantitative estimate of drug-likeness (QED) is 0.334. The summed E-state index contributed by atoms with van der Waals surface area (Å²) in [6.07, 6.45) is -0.173. The van der Waals surface area contributed by atoms with Gasteiger partial charge in [0.2, 0.25) is 5.91 Å². The molecule has 0 saturated heterocycles. The summed E-state index contributed by atoms with van der Waals surface area (Å²) in [4.78, 5) is 21.9. The van der Waals surface area contributed by atoms with Crippen LogP contribution in [0.1, 0.15) is 20.3 Å². The first-order valence-corrected chi connectivity index (χ1v) is 14.1. The summed E-state index contributed by atoms with van der Waals surface area (Å²) >= 11 is 7.67. The summed E-state index contributed by atoms with van der Waals surface area (Å²) in [5.41, 5.74) is 0.575. The monoisotopic (exact) mass is 539 g/mol. The fourth-order valence-corrected chi connectivity index (χ4v) is 6.12. The zero-order valence-electron chi connectivity index (χ0n) is 20.3. The van der Waals surface area contributed by atoms with Crippen LogP contribution < -0.4 is 14.4 Å². The summed E-state index contributed by atoms with van der Waals surface area (Å²) in [5, 5.41) is 0.980. The molecule has 0 aliphatic carbocycles. The van der Waals surface area contributed by atoms with Crippen molar-refractivity contribution in [1.82, 2.24) is 9.88 Å². The molecule has 0 saturated carbocycles. The normalized spacial score (nSPS) is 11.7. The summed E-state index contributed by atoms with van der Waals surface area (Å²) in [5.74, 6) is 0.496. The standard InChI is InChI=1S/C24H30ClN3O5S2/c1-5-27(6-2)14-15-28(24-26-22-20(33-4)12-11-19(25)23(22)34-24)21(29)13-16-35(30,31)18-9-7-17(32-3)8-10-18/h7-12H,5-6,13-16H2,1-4H3. The highest BCUT2D eigenvalue weighted by Crippen LogP contribution is 2.38. The van der Waals surface area contributed by atoms with Crippen molar-refractivity contribution in [2.75, 3.05) is 51.1 Å². The van der Waals surface area contributed by atoms with Gasteiger partial charge in [-0.1, -0.05) is 36.8 Å². The van der Waals surface area contributed by atoms with Gasteiger partial charge in [-0.2, -0.15) is 0 Å². The van der Waals surface area contributed by atoms with E-state index in [0.29, 0.717) is 45.0 Å². The Morgan fingerprint density at radius 3 is 2.31 bits per heavy atom. The van der Waals surface area contributed by atoms with Crippen molar-refractivity contribution >= 4 is 54.0 Å². The Hall–Kier alpha value is -2.40. The minimum Gasteiger partial charge on any atom is -0.497 e. The Morgan fingerprint density at radius 2 is 1.71 bits per heavy atom. The second kappa shape index (κ2) is 12.0. The van der Waals surface area contributed by atoms with Crippen molar-refractivity contribution in [2.45, 2.75) is 25.2 Å². The zero-order chi connectivity index (χ0) is 25.6. The Kier molecular flexibility index (Phi) is 9.34. The maximum absolute atomic E-state index is 13.4. The van der Waals surface area contributed by atoms with Gasteiger partial charge in [-0.3, -0.25) is 9.69 Å². The van der Waals surface area contributed by atoms with E-state index in [1.807, 2.05) is 0 Å². The third-order valence-corrected chi connectivity index (χ3v) is 9.01. The van der Waals surface area contributed by atoms with Gasteiger partial charge in [0.05, 0.1) is 34.6 Å². The Balaban J connectivity index is 1.86. The van der Waals surface area contributed by atoms with Gasteiger partial charge in [-0.15, -0.1) is 0 Å². The molecule has 3 rings (SSSR count). The van der Waals surface area contributed by atoms with Crippen LogP contribution in [0.15, 0.2) is 41.3 Å². The number of ether oxygens (including phenoxy) is 2. The summed E-state index contributed by atoms with van der Waals surface area (Å²) in [6.45, 7) is 6.79. The van der Waals surface area contributed by atoms with Crippen LogP contribution in [0.3, 0.4) is 0 Å². The number of halogens is 1. The molecule has 0 N–H and O–H groups in total. The lowest BCUT2D eigenvalue weighted by atomic mass is 10.3. The van der Waals surface area contributed by atoms with Crippen LogP contribution in [-0.2, 0) is 14.6 Å². The van der Waals surface area contributed by atoms with E-state index in [-0.39, 0.29) is 23.0 Å². The number of methoxy groups -OCH3 is 2. The summed E-state index contributed by atoms with van der Waals surface area (Å²) in [6, 6.07) is 9.61. The Labute approximate surface area is 215 Å². The number of benzene rings is 2. The van der Waals surface area contributed by atoms with Gasteiger partial charge in [-0.25, -0.2) is 13.4 Å². The average Bonchev–Trinajstić information content (AvgIpc) is 3.31. The van der Waals surface area contributed by atoms with E-state index in [9.17, 15) is 13.2 Å². The van der Waals surface area contributed by atoms with Gasteiger partial charge in [0.1, 0.15) is 17.0 Å². The van der Waals surface area contributed by atoms with E-state index < -0.39 is 9.84 Å².